The summed E-state index contributed by atoms with van der Waals surface area (Å²) in [6, 6.07) is 6.66. The van der Waals surface area contributed by atoms with Crippen LogP contribution in [0, 0.1) is 10.7 Å². The van der Waals surface area contributed by atoms with E-state index in [9.17, 15) is 9.90 Å². The van der Waals surface area contributed by atoms with Crippen LogP contribution in [0.2, 0.25) is 5.02 Å². The van der Waals surface area contributed by atoms with Gasteiger partial charge in [-0.25, -0.2) is 4.79 Å². The fraction of sp³-hybridized carbons (Fsp3) is 0.231. The molecule has 1 rings (SSSR count). The Kier molecular flexibility index (Phi) is 7.29. The van der Waals surface area contributed by atoms with Crippen molar-refractivity contribution in [3.63, 3.8) is 0 Å². The summed E-state index contributed by atoms with van der Waals surface area (Å²) in [5, 5.41) is 27.9. The summed E-state index contributed by atoms with van der Waals surface area (Å²) in [4.78, 5) is 11.7. The molecule has 110 valence electrons. The van der Waals surface area contributed by atoms with Crippen molar-refractivity contribution in [2.75, 3.05) is 12.4 Å². The second-order valence-electron chi connectivity index (χ2n) is 3.55. The number of thiocyanates is 1. The number of hydrogen-bond donors (Lipinski definition) is 1. The maximum absolute atomic E-state index is 11.7. The van der Waals surface area contributed by atoms with Crippen molar-refractivity contribution in [2.45, 2.75) is 6.92 Å². The first-order chi connectivity index (χ1) is 10.1. The smallest absolute Gasteiger partial charge is 0.362 e. The summed E-state index contributed by atoms with van der Waals surface area (Å²) < 4.78 is 4.79. The second kappa shape index (κ2) is 9.00. The van der Waals surface area contributed by atoms with Crippen LogP contribution in [0.1, 0.15) is 6.92 Å². The monoisotopic (exact) mass is 325 g/mol. The Morgan fingerprint density at radius 1 is 1.52 bits per heavy atom. The normalized spacial score (nSPS) is 11.9. The van der Waals surface area contributed by atoms with Gasteiger partial charge in [-0.2, -0.15) is 5.26 Å². The number of hydrogen-bond acceptors (Lipinski definition) is 7. The van der Waals surface area contributed by atoms with Crippen molar-refractivity contribution in [1.29, 1.82) is 5.26 Å². The number of nitriles is 1. The lowest BCUT2D eigenvalue weighted by molar-refractivity contribution is -0.138. The van der Waals surface area contributed by atoms with Gasteiger partial charge in [-0.05, 0) is 30.8 Å². The largest absolute Gasteiger partial charge is 0.509 e. The lowest BCUT2D eigenvalue weighted by Crippen LogP contribution is -2.09. The summed E-state index contributed by atoms with van der Waals surface area (Å²) in [6.07, 6.45) is 0. The zero-order valence-corrected chi connectivity index (χ0v) is 12.7. The van der Waals surface area contributed by atoms with Gasteiger partial charge in [0.1, 0.15) is 16.8 Å². The van der Waals surface area contributed by atoms with E-state index in [-0.39, 0.29) is 23.8 Å². The van der Waals surface area contributed by atoms with Gasteiger partial charge < -0.3 is 9.84 Å². The lowest BCUT2D eigenvalue weighted by Gasteiger charge is -2.04. The van der Waals surface area contributed by atoms with Gasteiger partial charge >= 0.3 is 5.97 Å². The van der Waals surface area contributed by atoms with E-state index < -0.39 is 5.97 Å². The molecule has 0 amide bonds. The fourth-order valence-corrected chi connectivity index (χ4v) is 1.73. The highest BCUT2D eigenvalue weighted by molar-refractivity contribution is 8.03. The number of esters is 1. The summed E-state index contributed by atoms with van der Waals surface area (Å²) in [5.41, 5.74) is 0.00113. The van der Waals surface area contributed by atoms with Crippen LogP contribution >= 0.6 is 23.4 Å². The van der Waals surface area contributed by atoms with Crippen LogP contribution in [-0.4, -0.2) is 23.4 Å². The van der Waals surface area contributed by atoms with Crippen LogP contribution in [0.25, 0.3) is 0 Å². The highest BCUT2D eigenvalue weighted by Gasteiger charge is 2.17. The molecule has 0 bridgehead atoms. The SMILES string of the molecule is CCOC(=O)/C(N=Nc1ccccc1Cl)=C(\O)CSC#N. The molecule has 0 aliphatic carbocycles. The van der Waals surface area contributed by atoms with Crippen LogP contribution in [0.5, 0.6) is 0 Å². The molecule has 0 aliphatic rings. The number of carbonyl (C=O) groups excluding carboxylic acids is 1. The quantitative estimate of drug-likeness (QED) is 0.281. The van der Waals surface area contributed by atoms with E-state index in [2.05, 4.69) is 10.2 Å². The van der Waals surface area contributed by atoms with Crippen molar-refractivity contribution in [1.82, 2.24) is 0 Å². The van der Waals surface area contributed by atoms with Crippen molar-refractivity contribution in [3.8, 4) is 5.40 Å². The zero-order chi connectivity index (χ0) is 15.7. The molecular weight excluding hydrogens is 314 g/mol. The molecular formula is C13H12ClN3O3S. The minimum absolute atomic E-state index is 0.0911. The highest BCUT2D eigenvalue weighted by Crippen LogP contribution is 2.25. The summed E-state index contributed by atoms with van der Waals surface area (Å²) in [5.74, 6) is -1.29. The number of carbonyl (C=O) groups is 1. The first kappa shape index (κ1) is 17.0. The van der Waals surface area contributed by atoms with E-state index in [1.165, 1.54) is 0 Å². The number of rotatable bonds is 6. The van der Waals surface area contributed by atoms with E-state index in [1.54, 1.807) is 36.6 Å². The molecule has 0 aromatic heterocycles. The third-order valence-corrected chi connectivity index (χ3v) is 2.99. The van der Waals surface area contributed by atoms with Crippen LogP contribution in [-0.2, 0) is 9.53 Å². The number of ether oxygens (including phenoxy) is 1. The number of thioether (sulfide) groups is 1. The van der Waals surface area contributed by atoms with Crippen LogP contribution < -0.4 is 0 Å². The molecule has 0 heterocycles. The van der Waals surface area contributed by atoms with E-state index in [4.69, 9.17) is 21.6 Å². The predicted octanol–water partition coefficient (Wildman–Crippen LogP) is 3.97. The molecule has 0 radical (unpaired) electrons. The molecule has 1 aromatic rings. The number of benzene rings is 1. The Morgan fingerprint density at radius 3 is 2.86 bits per heavy atom. The maximum Gasteiger partial charge on any atom is 0.362 e. The molecule has 0 unspecified atom stereocenters. The topological polar surface area (TPSA) is 95.0 Å². The van der Waals surface area contributed by atoms with Crippen molar-refractivity contribution < 1.29 is 14.6 Å². The average Bonchev–Trinajstić information content (AvgIpc) is 2.47. The van der Waals surface area contributed by atoms with E-state index in [0.717, 1.165) is 11.8 Å². The third kappa shape index (κ3) is 5.45. The van der Waals surface area contributed by atoms with E-state index in [0.29, 0.717) is 10.7 Å². The highest BCUT2D eigenvalue weighted by atomic mass is 35.5. The predicted molar refractivity (Wildman–Crippen MR) is 80.3 cm³/mol. The Hall–Kier alpha value is -2.04. The minimum atomic E-state index is -0.815. The number of halogens is 1. The summed E-state index contributed by atoms with van der Waals surface area (Å²) in [7, 11) is 0. The number of aliphatic hydroxyl groups is 1. The molecule has 1 aromatic carbocycles. The standard InChI is InChI=1S/C13H12ClN3O3S/c1-2-20-13(19)12(11(18)7-21-8-15)17-16-10-6-4-3-5-9(10)14/h3-6,18H,2,7H2,1H3/b12-11+,17-16?. The molecule has 0 atom stereocenters. The van der Waals surface area contributed by atoms with Gasteiger partial charge in [0.15, 0.2) is 0 Å². The van der Waals surface area contributed by atoms with E-state index in [1.807, 2.05) is 0 Å². The van der Waals surface area contributed by atoms with Gasteiger partial charge in [0.25, 0.3) is 0 Å². The summed E-state index contributed by atoms with van der Waals surface area (Å²) in [6.45, 7) is 1.75. The number of azo groups is 1. The molecule has 8 heteroatoms. The third-order valence-electron chi connectivity index (χ3n) is 2.13. The maximum atomic E-state index is 11.7. The molecule has 1 N–H and O–H groups in total. The molecule has 0 saturated carbocycles. The van der Waals surface area contributed by atoms with Crippen LogP contribution in [0.4, 0.5) is 5.69 Å². The van der Waals surface area contributed by atoms with E-state index >= 15 is 0 Å². The van der Waals surface area contributed by atoms with Gasteiger partial charge in [0.05, 0.1) is 17.4 Å². The number of nitrogens with zero attached hydrogens (tertiary/aromatic N) is 3. The Labute approximate surface area is 131 Å². The minimum Gasteiger partial charge on any atom is -0.509 e. The lowest BCUT2D eigenvalue weighted by atomic mass is 10.3. The van der Waals surface area contributed by atoms with Crippen LogP contribution in [0.15, 0.2) is 46.0 Å². The first-order valence-corrected chi connectivity index (χ1v) is 7.22. The molecule has 21 heavy (non-hydrogen) atoms. The Balaban J connectivity index is 3.05. The Bertz CT molecular complexity index is 611. The number of aliphatic hydroxyl groups excluding tert-OH is 1. The first-order valence-electron chi connectivity index (χ1n) is 5.86. The molecule has 0 aliphatic heterocycles. The van der Waals surface area contributed by atoms with Gasteiger partial charge in [0, 0.05) is 0 Å². The Morgan fingerprint density at radius 2 is 2.24 bits per heavy atom. The van der Waals surface area contributed by atoms with Gasteiger partial charge in [0.2, 0.25) is 5.70 Å². The van der Waals surface area contributed by atoms with Crippen LogP contribution in [0.3, 0.4) is 0 Å². The van der Waals surface area contributed by atoms with Crippen molar-refractivity contribution in [3.05, 3.63) is 40.7 Å². The van der Waals surface area contributed by atoms with Crippen molar-refractivity contribution >= 4 is 35.0 Å². The second-order valence-corrected chi connectivity index (χ2v) is 4.71. The fourth-order valence-electron chi connectivity index (χ4n) is 1.22. The molecule has 0 spiro atoms. The molecule has 0 fully saturated rings. The molecule has 0 saturated heterocycles. The zero-order valence-electron chi connectivity index (χ0n) is 11.1. The average molecular weight is 326 g/mol. The van der Waals surface area contributed by atoms with Gasteiger partial charge in [-0.1, -0.05) is 23.7 Å². The summed E-state index contributed by atoms with van der Waals surface area (Å²) >= 11 is 6.68. The molecule has 6 nitrogen and oxygen atoms in total. The van der Waals surface area contributed by atoms with Gasteiger partial charge in [-0.3, -0.25) is 0 Å². The van der Waals surface area contributed by atoms with Gasteiger partial charge in [-0.15, -0.1) is 10.2 Å². The van der Waals surface area contributed by atoms with Crippen molar-refractivity contribution in [2.24, 2.45) is 10.2 Å².